The lowest BCUT2D eigenvalue weighted by atomic mass is 9.46. The molecule has 21 heteroatoms. The van der Waals surface area contributed by atoms with Crippen LogP contribution in [-0.2, 0) is 50.5 Å². The highest BCUT2D eigenvalue weighted by Crippen LogP contribution is 2.73. The molecule has 2 aromatic rings. The van der Waals surface area contributed by atoms with Crippen LogP contribution in [0.15, 0.2) is 96.1 Å². The molecule has 8 aliphatic carbocycles. The Morgan fingerprint density at radius 2 is 1.04 bits per heavy atom. The minimum Gasteiger partial charge on any atom is -0.393 e. The maximum atomic E-state index is 14.2. The van der Waals surface area contributed by atoms with Crippen molar-refractivity contribution in [3.63, 3.8) is 0 Å². The minimum atomic E-state index is -4.51. The molecule has 1 amide bonds. The summed E-state index contributed by atoms with van der Waals surface area (Å²) in [6, 6.07) is 7.93. The molecule has 0 radical (unpaired) electrons. The van der Waals surface area contributed by atoms with Crippen molar-refractivity contribution in [2.75, 3.05) is 20.1 Å². The fourth-order valence-electron chi connectivity index (χ4n) is 17.2. The number of carbonyl (C=O) groups excluding carboxylic acids is 5. The molecule has 81 heavy (non-hydrogen) atoms. The molecule has 12 rings (SSSR count). The first-order valence-corrected chi connectivity index (χ1v) is 29.2. The lowest BCUT2D eigenvalue weighted by molar-refractivity contribution is -0.195. The smallest absolute Gasteiger partial charge is 0.393 e. The van der Waals surface area contributed by atoms with Gasteiger partial charge >= 0.3 is 12.4 Å². The monoisotopic (exact) mass is 1170 g/mol. The number of thioether (sulfide) groups is 2. The first-order valence-electron chi connectivity index (χ1n) is 27.4. The van der Waals surface area contributed by atoms with Crippen molar-refractivity contribution in [2.45, 2.75) is 140 Å². The van der Waals surface area contributed by atoms with E-state index in [1.807, 2.05) is 32.9 Å². The topological polar surface area (TPSA) is 166 Å². The van der Waals surface area contributed by atoms with Gasteiger partial charge in [0.2, 0.25) is 10.2 Å². The van der Waals surface area contributed by atoms with E-state index in [-0.39, 0.29) is 59.9 Å². The Bertz CT molecular complexity index is 3060. The SMILES string of the molecule is CN(C)C(=O)SC(=O)[C@@]12OC(c3ccc(C(F)(F)F)cc3)O[C@@H]1C[C@H]1[C@@H]3CCC4=CC(=O)C=C[C@]4(C)[C@H]3[C@@H](O)C[C@@]12C.C[C@]12C=CC(=O)C=C1CC[C@@H]1[C@@H]2[C@@H](O)C[C@@]2(C)[C@H]1C[C@H]1OC(c3ccc(C(F)(F)F)cc3)O[C@]12C(=O)SCF. The Balaban J connectivity index is 0.000000171. The van der Waals surface area contributed by atoms with Gasteiger partial charge in [0.05, 0.1) is 35.5 Å². The van der Waals surface area contributed by atoms with Crippen LogP contribution in [0.25, 0.3) is 0 Å². The van der Waals surface area contributed by atoms with Crippen molar-refractivity contribution in [1.82, 2.24) is 4.90 Å². The predicted octanol–water partition coefficient (Wildman–Crippen LogP) is 11.6. The van der Waals surface area contributed by atoms with E-state index < -0.39 is 115 Å². The number of alkyl halides is 7. The maximum Gasteiger partial charge on any atom is 0.416 e. The number of allylic oxidation sites excluding steroid dienone is 8. The summed E-state index contributed by atoms with van der Waals surface area (Å²) in [7, 11) is 3.08. The summed E-state index contributed by atoms with van der Waals surface area (Å²) in [4.78, 5) is 66.2. The van der Waals surface area contributed by atoms with Gasteiger partial charge in [-0.2, -0.15) is 26.3 Å². The third kappa shape index (κ3) is 8.87. The van der Waals surface area contributed by atoms with Gasteiger partial charge in [-0.25, -0.2) is 4.39 Å². The van der Waals surface area contributed by atoms with Crippen molar-refractivity contribution in [1.29, 1.82) is 0 Å². The third-order valence-electron chi connectivity index (χ3n) is 20.8. The average Bonchev–Trinajstić information content (AvgIpc) is 1.70. The first kappa shape index (κ1) is 58.3. The van der Waals surface area contributed by atoms with Gasteiger partial charge in [-0.05, 0) is 124 Å². The molecule has 12 nitrogen and oxygen atoms in total. The van der Waals surface area contributed by atoms with Gasteiger partial charge in [-0.1, -0.05) is 87.0 Å². The van der Waals surface area contributed by atoms with Crippen molar-refractivity contribution in [3.8, 4) is 0 Å². The number of ketones is 2. The first-order chi connectivity index (χ1) is 38.0. The molecule has 2 N–H and O–H groups in total. The zero-order valence-corrected chi connectivity index (χ0v) is 47.0. The summed E-state index contributed by atoms with van der Waals surface area (Å²) in [5.74, 6) is -0.685. The second kappa shape index (κ2) is 20.1. The second-order valence-corrected chi connectivity index (χ2v) is 26.6. The lowest BCUT2D eigenvalue weighted by Gasteiger charge is -2.59. The zero-order chi connectivity index (χ0) is 58.4. The van der Waals surface area contributed by atoms with Gasteiger partial charge in [0.1, 0.15) is 6.01 Å². The number of hydrogen-bond acceptors (Lipinski definition) is 13. The van der Waals surface area contributed by atoms with Crippen molar-refractivity contribution in [3.05, 3.63) is 118 Å². The zero-order valence-electron chi connectivity index (χ0n) is 45.4. The van der Waals surface area contributed by atoms with Gasteiger partial charge in [0, 0.05) is 70.5 Å². The fourth-order valence-corrected chi connectivity index (χ4v) is 18.8. The van der Waals surface area contributed by atoms with Crippen LogP contribution in [0.4, 0.5) is 35.5 Å². The van der Waals surface area contributed by atoms with Crippen LogP contribution < -0.4 is 0 Å². The van der Waals surface area contributed by atoms with Crippen LogP contribution in [0, 0.1) is 57.2 Å². The van der Waals surface area contributed by atoms with E-state index in [2.05, 4.69) is 6.92 Å². The summed E-state index contributed by atoms with van der Waals surface area (Å²) in [6.07, 6.45) is -0.0299. The Morgan fingerprint density at radius 1 is 0.642 bits per heavy atom. The standard InChI is InChI=1S/C31H34F3NO6S.C29H30F4O5S/c1-28-12-11-19(36)13-18(28)9-10-20-21-14-23-30(26(38)42-27(39)35(3)4,29(21,2)15-22(37)24(20)28)41-25(40-23)16-5-7-17(8-6-16)31(32,33)34;1-26-10-9-18(34)11-17(26)7-8-19-20-12-22-28(25(36)39-14-30,27(20,2)13-21(35)23(19)26)38-24(37-22)15-3-5-16(6-4-15)29(31,32)33/h5-8,11-13,20-25,37H,9-10,14-15H2,1-4H3;3-6,9-11,19-24,35H,7-8,12-14H2,1-2H3/t20-,21-,22-,23+,24+,25?,28-,29-,30-;19-,20-,21-,22+,23+,24?,26-,27-,28-/m00/s1. The quantitative estimate of drug-likeness (QED) is 0.272. The highest BCUT2D eigenvalue weighted by molar-refractivity contribution is 8.26. The summed E-state index contributed by atoms with van der Waals surface area (Å²) < 4.78 is 118. The molecule has 0 bridgehead atoms. The highest BCUT2D eigenvalue weighted by Gasteiger charge is 2.78. The molecule has 0 aromatic heterocycles. The van der Waals surface area contributed by atoms with Crippen LogP contribution >= 0.6 is 23.5 Å². The number of rotatable bonds is 5. The van der Waals surface area contributed by atoms with E-state index in [1.54, 1.807) is 38.4 Å². The highest BCUT2D eigenvalue weighted by atomic mass is 32.2. The van der Waals surface area contributed by atoms with Gasteiger partial charge in [0.25, 0.3) is 5.24 Å². The molecular formula is C60H64F7NO11S2. The Labute approximate surface area is 472 Å². The van der Waals surface area contributed by atoms with E-state index in [9.17, 15) is 64.9 Å². The van der Waals surface area contributed by atoms with E-state index in [0.717, 1.165) is 41.8 Å². The Hall–Kier alpha value is -4.48. The minimum absolute atomic E-state index is 0.00104. The number of aliphatic hydroxyl groups is 2. The number of carbonyl (C=O) groups is 5. The van der Waals surface area contributed by atoms with Crippen LogP contribution in [-0.4, -0.2) is 97.9 Å². The van der Waals surface area contributed by atoms with E-state index in [4.69, 9.17) is 18.9 Å². The van der Waals surface area contributed by atoms with Crippen molar-refractivity contribution in [2.24, 2.45) is 57.2 Å². The number of ether oxygens (including phenoxy) is 4. The van der Waals surface area contributed by atoms with Crippen molar-refractivity contribution >= 4 is 50.6 Å². The van der Waals surface area contributed by atoms with Gasteiger partial charge in [0.15, 0.2) is 35.3 Å². The predicted molar refractivity (Wildman–Crippen MR) is 283 cm³/mol. The van der Waals surface area contributed by atoms with E-state index in [1.165, 1.54) is 29.2 Å². The normalized spacial score (nSPS) is 41.6. The van der Waals surface area contributed by atoms with Gasteiger partial charge < -0.3 is 34.1 Å². The molecule has 10 aliphatic rings. The molecule has 2 unspecified atom stereocenters. The number of hydrogen-bond donors (Lipinski definition) is 2. The molecule has 2 heterocycles. The summed E-state index contributed by atoms with van der Waals surface area (Å²) in [6.45, 7) is 7.93. The number of fused-ring (bicyclic) bond motifs is 14. The fraction of sp³-hybridized carbons (Fsp3) is 0.583. The summed E-state index contributed by atoms with van der Waals surface area (Å²) >= 11 is 1.04. The number of amides is 1. The third-order valence-corrected chi connectivity index (χ3v) is 22.5. The molecule has 2 aliphatic heterocycles. The van der Waals surface area contributed by atoms with Crippen LogP contribution in [0.5, 0.6) is 0 Å². The Morgan fingerprint density at radius 3 is 1.41 bits per heavy atom. The molecule has 2 saturated heterocycles. The van der Waals surface area contributed by atoms with E-state index in [0.29, 0.717) is 66.8 Å². The number of halogens is 7. The average molecular weight is 1170 g/mol. The largest absolute Gasteiger partial charge is 0.416 e. The van der Waals surface area contributed by atoms with Gasteiger partial charge in [-0.15, -0.1) is 0 Å². The maximum absolute atomic E-state index is 14.2. The van der Waals surface area contributed by atoms with Crippen molar-refractivity contribution < 1.29 is 83.9 Å². The van der Waals surface area contributed by atoms with Crippen LogP contribution in [0.2, 0.25) is 0 Å². The van der Waals surface area contributed by atoms with E-state index >= 15 is 0 Å². The van der Waals surface area contributed by atoms with Crippen LogP contribution in [0.3, 0.4) is 0 Å². The molecule has 8 fully saturated rings. The molecule has 436 valence electrons. The molecule has 18 atom stereocenters. The summed E-state index contributed by atoms with van der Waals surface area (Å²) in [5, 5.41) is 22.0. The molecular weight excluding hydrogens is 1110 g/mol. The second-order valence-electron chi connectivity index (χ2n) is 24.8. The van der Waals surface area contributed by atoms with Crippen LogP contribution in [0.1, 0.15) is 114 Å². The summed E-state index contributed by atoms with van der Waals surface area (Å²) in [5.41, 5.74) is -4.95. The molecule has 2 aromatic carbocycles. The number of aliphatic hydroxyl groups excluding tert-OH is 2. The number of nitrogens with zero attached hydrogens (tertiary/aromatic N) is 1. The molecule has 0 spiro atoms. The van der Waals surface area contributed by atoms with Gasteiger partial charge in [-0.3, -0.25) is 24.0 Å². The Kier molecular flexibility index (Phi) is 14.5. The lowest BCUT2D eigenvalue weighted by Crippen LogP contribution is -2.62. The molecule has 6 saturated carbocycles. The number of benzene rings is 2.